The molecule has 1 rings (SSSR count). The van der Waals surface area contributed by atoms with Crippen molar-refractivity contribution in [2.45, 2.75) is 23.8 Å². The van der Waals surface area contributed by atoms with E-state index < -0.39 is 9.96 Å². The Morgan fingerprint density at radius 2 is 1.68 bits per heavy atom. The number of benzene rings is 1. The Hall–Kier alpha value is -0.460. The Balaban J connectivity index is 2.70. The van der Waals surface area contributed by atoms with Gasteiger partial charge in [-0.2, -0.15) is 0 Å². The molecule has 122 valence electrons. The van der Waals surface area contributed by atoms with E-state index in [2.05, 4.69) is 16.0 Å². The van der Waals surface area contributed by atoms with Crippen LogP contribution in [0.1, 0.15) is 13.8 Å². The molecule has 0 fully saturated rings. The maximum atomic E-state index is 11.8. The second kappa shape index (κ2) is 8.41. The van der Waals surface area contributed by atoms with Crippen molar-refractivity contribution in [1.29, 1.82) is 0 Å². The maximum absolute atomic E-state index is 11.8. The molecular formula is C13H15Cl4N3OS. The molecule has 1 unspecified atom stereocenters. The van der Waals surface area contributed by atoms with Crippen molar-refractivity contribution in [2.24, 2.45) is 5.92 Å². The van der Waals surface area contributed by atoms with Crippen molar-refractivity contribution >= 4 is 75.3 Å². The van der Waals surface area contributed by atoms with Gasteiger partial charge in [0.2, 0.25) is 9.70 Å². The molecule has 1 aromatic rings. The number of thiocarbonyl (C=S) groups is 1. The molecule has 0 aliphatic rings. The molecule has 0 aliphatic carbocycles. The fourth-order valence-electron chi connectivity index (χ4n) is 1.34. The minimum atomic E-state index is -1.77. The summed E-state index contributed by atoms with van der Waals surface area (Å²) < 4.78 is -1.77. The van der Waals surface area contributed by atoms with Gasteiger partial charge in [-0.05, 0) is 36.5 Å². The second-order valence-corrected chi connectivity index (χ2v) is 7.96. The zero-order chi connectivity index (χ0) is 16.9. The number of nitrogens with one attached hydrogen (secondary N) is 3. The van der Waals surface area contributed by atoms with Crippen LogP contribution in [-0.2, 0) is 4.79 Å². The van der Waals surface area contributed by atoms with Gasteiger partial charge in [-0.3, -0.25) is 4.79 Å². The first-order valence-corrected chi connectivity index (χ1v) is 8.22. The van der Waals surface area contributed by atoms with Crippen LogP contribution in [0.15, 0.2) is 24.3 Å². The number of anilines is 1. The monoisotopic (exact) mass is 401 g/mol. The predicted molar refractivity (Wildman–Crippen MR) is 97.9 cm³/mol. The van der Waals surface area contributed by atoms with Gasteiger partial charge >= 0.3 is 0 Å². The van der Waals surface area contributed by atoms with Crippen LogP contribution < -0.4 is 16.0 Å². The van der Waals surface area contributed by atoms with Crippen molar-refractivity contribution in [3.8, 4) is 0 Å². The number of rotatable bonds is 4. The molecule has 1 atom stereocenters. The first-order chi connectivity index (χ1) is 10.1. The number of hydrogen-bond donors (Lipinski definition) is 3. The van der Waals surface area contributed by atoms with Crippen LogP contribution in [-0.4, -0.2) is 21.0 Å². The van der Waals surface area contributed by atoms with E-state index in [1.807, 2.05) is 0 Å². The Morgan fingerprint density at radius 3 is 2.14 bits per heavy atom. The average Bonchev–Trinajstić information content (AvgIpc) is 2.39. The van der Waals surface area contributed by atoms with Crippen LogP contribution in [0.3, 0.4) is 0 Å². The van der Waals surface area contributed by atoms with E-state index in [9.17, 15) is 4.79 Å². The Kier molecular flexibility index (Phi) is 7.49. The van der Waals surface area contributed by atoms with Crippen LogP contribution in [0.5, 0.6) is 0 Å². The smallest absolute Gasteiger partial charge is 0.228 e. The average molecular weight is 403 g/mol. The Morgan fingerprint density at radius 1 is 1.14 bits per heavy atom. The molecule has 0 radical (unpaired) electrons. The van der Waals surface area contributed by atoms with E-state index in [4.69, 9.17) is 58.6 Å². The fraction of sp³-hybridized carbons (Fsp3) is 0.385. The van der Waals surface area contributed by atoms with Gasteiger partial charge in [0.1, 0.15) is 6.17 Å². The van der Waals surface area contributed by atoms with Gasteiger partial charge in [0.25, 0.3) is 0 Å². The molecule has 1 aromatic carbocycles. The van der Waals surface area contributed by atoms with Crippen LogP contribution in [0.4, 0.5) is 5.69 Å². The highest BCUT2D eigenvalue weighted by Gasteiger charge is 2.35. The Bertz CT molecular complexity index is 531. The number of carbonyl (C=O) groups is 1. The summed E-state index contributed by atoms with van der Waals surface area (Å²) in [5, 5.41) is 9.06. The van der Waals surface area contributed by atoms with E-state index in [1.54, 1.807) is 38.1 Å². The number of halogens is 4. The van der Waals surface area contributed by atoms with Crippen molar-refractivity contribution in [2.75, 3.05) is 5.32 Å². The fourth-order valence-corrected chi connectivity index (χ4v) is 2.03. The zero-order valence-corrected chi connectivity index (χ0v) is 15.6. The van der Waals surface area contributed by atoms with Crippen molar-refractivity contribution < 1.29 is 4.79 Å². The molecule has 0 saturated carbocycles. The molecule has 9 heteroatoms. The first kappa shape index (κ1) is 19.6. The highest BCUT2D eigenvalue weighted by atomic mass is 35.6. The third kappa shape index (κ3) is 6.75. The van der Waals surface area contributed by atoms with Crippen molar-refractivity contribution in [3.05, 3.63) is 29.3 Å². The molecule has 22 heavy (non-hydrogen) atoms. The van der Waals surface area contributed by atoms with Gasteiger partial charge in [0.15, 0.2) is 5.11 Å². The van der Waals surface area contributed by atoms with Gasteiger partial charge in [-0.25, -0.2) is 0 Å². The van der Waals surface area contributed by atoms with E-state index in [-0.39, 0.29) is 16.9 Å². The third-order valence-electron chi connectivity index (χ3n) is 2.52. The van der Waals surface area contributed by atoms with Crippen LogP contribution in [0.25, 0.3) is 0 Å². The van der Waals surface area contributed by atoms with E-state index in [0.29, 0.717) is 10.7 Å². The Labute approximate surface area is 154 Å². The summed E-state index contributed by atoms with van der Waals surface area (Å²) in [5.74, 6) is -0.521. The maximum Gasteiger partial charge on any atom is 0.228 e. The zero-order valence-electron chi connectivity index (χ0n) is 11.8. The number of alkyl halides is 3. The summed E-state index contributed by atoms with van der Waals surface area (Å²) in [6.45, 7) is 3.46. The SMILES string of the molecule is CC(C)C(=O)NC(NC(=S)Nc1ccc(Cl)cc1)C(Cl)(Cl)Cl. The van der Waals surface area contributed by atoms with Gasteiger partial charge in [-0.15, -0.1) is 0 Å². The molecule has 4 nitrogen and oxygen atoms in total. The van der Waals surface area contributed by atoms with E-state index in [0.717, 1.165) is 0 Å². The lowest BCUT2D eigenvalue weighted by atomic mass is 10.2. The normalized spacial score (nSPS) is 12.7. The summed E-state index contributed by atoms with van der Waals surface area (Å²) in [5.41, 5.74) is 0.708. The van der Waals surface area contributed by atoms with E-state index in [1.165, 1.54) is 0 Å². The molecule has 0 aliphatic heterocycles. The van der Waals surface area contributed by atoms with E-state index >= 15 is 0 Å². The molecule has 0 saturated heterocycles. The lowest BCUT2D eigenvalue weighted by Crippen LogP contribution is -2.56. The molecule has 3 N–H and O–H groups in total. The third-order valence-corrected chi connectivity index (χ3v) is 3.64. The van der Waals surface area contributed by atoms with Crippen molar-refractivity contribution in [1.82, 2.24) is 10.6 Å². The van der Waals surface area contributed by atoms with Gasteiger partial charge in [-0.1, -0.05) is 60.3 Å². The highest BCUT2D eigenvalue weighted by molar-refractivity contribution is 7.80. The van der Waals surface area contributed by atoms with Crippen molar-refractivity contribution in [3.63, 3.8) is 0 Å². The lowest BCUT2D eigenvalue weighted by Gasteiger charge is -2.28. The van der Waals surface area contributed by atoms with Crippen LogP contribution in [0.2, 0.25) is 5.02 Å². The molecule has 0 bridgehead atoms. The van der Waals surface area contributed by atoms with Gasteiger partial charge in [0.05, 0.1) is 0 Å². The summed E-state index contributed by atoms with van der Waals surface area (Å²) >= 11 is 28.5. The molecular weight excluding hydrogens is 388 g/mol. The summed E-state index contributed by atoms with van der Waals surface area (Å²) in [6, 6.07) is 6.90. The molecule has 0 spiro atoms. The number of hydrogen-bond acceptors (Lipinski definition) is 2. The van der Waals surface area contributed by atoms with Gasteiger partial charge in [0, 0.05) is 16.6 Å². The molecule has 0 aromatic heterocycles. The van der Waals surface area contributed by atoms with Crippen LogP contribution in [0, 0.1) is 5.92 Å². The van der Waals surface area contributed by atoms with Crippen LogP contribution >= 0.6 is 58.6 Å². The number of amides is 1. The lowest BCUT2D eigenvalue weighted by molar-refractivity contribution is -0.124. The highest BCUT2D eigenvalue weighted by Crippen LogP contribution is 2.29. The topological polar surface area (TPSA) is 53.2 Å². The number of carbonyl (C=O) groups excluding carboxylic acids is 1. The van der Waals surface area contributed by atoms with Gasteiger partial charge < -0.3 is 16.0 Å². The standard InChI is InChI=1S/C13H15Cl4N3OS/c1-7(2)10(21)19-11(13(15,16)17)20-12(22)18-9-5-3-8(14)4-6-9/h3-7,11H,1-2H3,(H,19,21)(H2,18,20,22). The predicted octanol–water partition coefficient (Wildman–Crippen LogP) is 4.09. The largest absolute Gasteiger partial charge is 0.339 e. The molecule has 1 amide bonds. The summed E-state index contributed by atoms with van der Waals surface area (Å²) in [7, 11) is 0. The molecule has 0 heterocycles. The first-order valence-electron chi connectivity index (χ1n) is 6.29. The minimum Gasteiger partial charge on any atom is -0.339 e. The summed E-state index contributed by atoms with van der Waals surface area (Å²) in [6.07, 6.45) is -0.972. The minimum absolute atomic E-state index is 0.197. The quantitative estimate of drug-likeness (QED) is 0.403. The second-order valence-electron chi connectivity index (χ2n) is 4.74. The summed E-state index contributed by atoms with van der Waals surface area (Å²) in [4.78, 5) is 11.8.